The van der Waals surface area contributed by atoms with Crippen LogP contribution in [-0.2, 0) is 6.54 Å². The summed E-state index contributed by atoms with van der Waals surface area (Å²) in [4.78, 5) is 15.9. The van der Waals surface area contributed by atoms with Crippen LogP contribution in [0.3, 0.4) is 0 Å². The van der Waals surface area contributed by atoms with Gasteiger partial charge in [-0.1, -0.05) is 12.1 Å². The maximum absolute atomic E-state index is 12.6. The second kappa shape index (κ2) is 5.93. The number of fused-ring (bicyclic) bond motifs is 1. The molecule has 4 nitrogen and oxygen atoms in total. The van der Waals surface area contributed by atoms with Crippen LogP contribution in [0.25, 0.3) is 10.9 Å². The molecule has 0 aliphatic heterocycles. The van der Waals surface area contributed by atoms with Crippen LogP contribution in [0.4, 0.5) is 5.69 Å². The first-order valence-corrected chi connectivity index (χ1v) is 7.17. The molecule has 112 valence electrons. The highest BCUT2D eigenvalue weighted by Crippen LogP contribution is 2.16. The number of hydrogen-bond donors (Lipinski definition) is 2. The average Bonchev–Trinajstić information content (AvgIpc) is 2.55. The summed E-state index contributed by atoms with van der Waals surface area (Å²) in [5, 5.41) is 4.00. The summed E-state index contributed by atoms with van der Waals surface area (Å²) in [5.41, 5.74) is 3.55. The minimum atomic E-state index is 0.0767. The van der Waals surface area contributed by atoms with Crippen molar-refractivity contribution in [1.29, 1.82) is 0 Å². The van der Waals surface area contributed by atoms with Gasteiger partial charge in [-0.2, -0.15) is 0 Å². The minimum absolute atomic E-state index is 0.0767. The highest BCUT2D eigenvalue weighted by atomic mass is 16.5. The number of aromatic amines is 1. The lowest BCUT2D eigenvalue weighted by atomic mass is 10.1. The van der Waals surface area contributed by atoms with Gasteiger partial charge < -0.3 is 15.0 Å². The van der Waals surface area contributed by atoms with Crippen LogP contribution in [0.5, 0.6) is 5.75 Å². The van der Waals surface area contributed by atoms with Crippen LogP contribution in [0, 0.1) is 6.92 Å². The van der Waals surface area contributed by atoms with Crippen molar-refractivity contribution in [3.8, 4) is 5.75 Å². The van der Waals surface area contributed by atoms with Crippen molar-refractivity contribution < 1.29 is 4.74 Å². The van der Waals surface area contributed by atoms with E-state index in [9.17, 15) is 4.79 Å². The first-order valence-electron chi connectivity index (χ1n) is 7.17. The summed E-state index contributed by atoms with van der Waals surface area (Å²) < 4.78 is 5.14. The highest BCUT2D eigenvalue weighted by Gasteiger charge is 2.08. The third-order valence-electron chi connectivity index (χ3n) is 3.78. The predicted octanol–water partition coefficient (Wildman–Crippen LogP) is 3.46. The van der Waals surface area contributed by atoms with Crippen LogP contribution in [-0.4, -0.2) is 12.1 Å². The van der Waals surface area contributed by atoms with E-state index in [-0.39, 0.29) is 5.43 Å². The van der Waals surface area contributed by atoms with Gasteiger partial charge in [0, 0.05) is 34.4 Å². The highest BCUT2D eigenvalue weighted by molar-refractivity contribution is 5.79. The Hall–Kier alpha value is -2.75. The van der Waals surface area contributed by atoms with E-state index >= 15 is 0 Å². The molecule has 1 heterocycles. The number of aromatic nitrogens is 1. The monoisotopic (exact) mass is 294 g/mol. The molecule has 0 atom stereocenters. The van der Waals surface area contributed by atoms with Gasteiger partial charge in [0.1, 0.15) is 5.75 Å². The number of rotatable bonds is 4. The van der Waals surface area contributed by atoms with Crippen LogP contribution in [0.1, 0.15) is 11.3 Å². The van der Waals surface area contributed by atoms with Gasteiger partial charge in [0.15, 0.2) is 5.43 Å². The van der Waals surface area contributed by atoms with Gasteiger partial charge >= 0.3 is 0 Å². The summed E-state index contributed by atoms with van der Waals surface area (Å²) in [6.45, 7) is 2.41. The molecule has 22 heavy (non-hydrogen) atoms. The number of para-hydroxylation sites is 1. The number of hydrogen-bond acceptors (Lipinski definition) is 3. The molecule has 0 bridgehead atoms. The first kappa shape index (κ1) is 14.2. The predicted molar refractivity (Wildman–Crippen MR) is 89.6 cm³/mol. The van der Waals surface area contributed by atoms with Crippen LogP contribution >= 0.6 is 0 Å². The average molecular weight is 294 g/mol. The number of nitrogens with one attached hydrogen (secondary N) is 2. The lowest BCUT2D eigenvalue weighted by Gasteiger charge is -2.10. The van der Waals surface area contributed by atoms with E-state index in [1.54, 1.807) is 7.11 Å². The third-order valence-corrected chi connectivity index (χ3v) is 3.78. The number of benzene rings is 2. The minimum Gasteiger partial charge on any atom is -0.497 e. The van der Waals surface area contributed by atoms with Gasteiger partial charge in [0.2, 0.25) is 0 Å². The maximum atomic E-state index is 12.6. The van der Waals surface area contributed by atoms with Gasteiger partial charge in [-0.15, -0.1) is 0 Å². The molecule has 0 unspecified atom stereocenters. The van der Waals surface area contributed by atoms with E-state index in [2.05, 4.69) is 10.3 Å². The summed E-state index contributed by atoms with van der Waals surface area (Å²) in [6, 6.07) is 15.2. The van der Waals surface area contributed by atoms with E-state index in [1.807, 2.05) is 55.5 Å². The zero-order valence-corrected chi connectivity index (χ0v) is 12.6. The fourth-order valence-electron chi connectivity index (χ4n) is 2.51. The van der Waals surface area contributed by atoms with Crippen molar-refractivity contribution in [2.24, 2.45) is 0 Å². The number of aryl methyl sites for hydroxylation is 1. The first-order chi connectivity index (χ1) is 10.7. The summed E-state index contributed by atoms with van der Waals surface area (Å²) in [5.74, 6) is 0.810. The fraction of sp³-hybridized carbons (Fsp3) is 0.167. The van der Waals surface area contributed by atoms with Gasteiger partial charge in [0.25, 0.3) is 0 Å². The van der Waals surface area contributed by atoms with E-state index in [0.717, 1.165) is 33.6 Å². The number of pyridine rings is 1. The molecule has 3 rings (SSSR count). The smallest absolute Gasteiger partial charge is 0.194 e. The zero-order valence-electron chi connectivity index (χ0n) is 12.6. The molecule has 2 aromatic carbocycles. The van der Waals surface area contributed by atoms with Crippen LogP contribution in [0.15, 0.2) is 53.3 Å². The number of ether oxygens (including phenoxy) is 1. The largest absolute Gasteiger partial charge is 0.497 e. The standard InChI is InChI=1S/C18H18N2O2/c1-12-16(11-19-13-7-9-14(22-2)10-8-13)18(21)15-5-3-4-6-17(15)20-12/h3-10,19H,11H2,1-2H3,(H,20,21). The molecule has 0 amide bonds. The van der Waals surface area contributed by atoms with Gasteiger partial charge in [-0.25, -0.2) is 0 Å². The summed E-state index contributed by atoms with van der Waals surface area (Å²) >= 11 is 0. The molecule has 0 radical (unpaired) electrons. The van der Waals surface area contributed by atoms with E-state index < -0.39 is 0 Å². The maximum Gasteiger partial charge on any atom is 0.194 e. The van der Waals surface area contributed by atoms with Gasteiger partial charge in [-0.3, -0.25) is 4.79 Å². The molecule has 0 fully saturated rings. The molecule has 0 saturated heterocycles. The van der Waals surface area contributed by atoms with Crippen LogP contribution in [0.2, 0.25) is 0 Å². The Labute approximate surface area is 128 Å². The SMILES string of the molecule is COc1ccc(NCc2c(C)[nH]c3ccccc3c2=O)cc1. The third kappa shape index (κ3) is 2.68. The normalized spacial score (nSPS) is 10.6. The molecule has 3 aromatic rings. The number of H-pyrrole nitrogens is 1. The number of methoxy groups -OCH3 is 1. The van der Waals surface area contributed by atoms with Gasteiger partial charge in [-0.05, 0) is 43.3 Å². The van der Waals surface area contributed by atoms with Gasteiger partial charge in [0.05, 0.1) is 7.11 Å². The van der Waals surface area contributed by atoms with E-state index in [1.165, 1.54) is 0 Å². The molecule has 1 aromatic heterocycles. The van der Waals surface area contributed by atoms with Crippen molar-refractivity contribution in [2.45, 2.75) is 13.5 Å². The molecule has 0 aliphatic rings. The Balaban J connectivity index is 1.88. The lowest BCUT2D eigenvalue weighted by Crippen LogP contribution is -2.16. The molecule has 4 heteroatoms. The Morgan fingerprint density at radius 2 is 1.82 bits per heavy atom. The Morgan fingerprint density at radius 1 is 1.09 bits per heavy atom. The topological polar surface area (TPSA) is 54.1 Å². The van der Waals surface area contributed by atoms with Crippen molar-refractivity contribution in [3.05, 3.63) is 70.0 Å². The second-order valence-corrected chi connectivity index (χ2v) is 5.19. The summed E-state index contributed by atoms with van der Waals surface area (Å²) in [6.07, 6.45) is 0. The van der Waals surface area contributed by atoms with E-state index in [0.29, 0.717) is 6.54 Å². The van der Waals surface area contributed by atoms with Crippen LogP contribution < -0.4 is 15.5 Å². The molecular weight excluding hydrogens is 276 g/mol. The Morgan fingerprint density at radius 3 is 2.55 bits per heavy atom. The van der Waals surface area contributed by atoms with Crippen molar-refractivity contribution >= 4 is 16.6 Å². The molecule has 2 N–H and O–H groups in total. The second-order valence-electron chi connectivity index (χ2n) is 5.19. The Bertz CT molecular complexity index is 851. The number of anilines is 1. The zero-order chi connectivity index (χ0) is 15.5. The molecule has 0 saturated carbocycles. The quantitative estimate of drug-likeness (QED) is 0.775. The van der Waals surface area contributed by atoms with Crippen molar-refractivity contribution in [1.82, 2.24) is 4.98 Å². The van der Waals surface area contributed by atoms with Crippen molar-refractivity contribution in [2.75, 3.05) is 12.4 Å². The fourth-order valence-corrected chi connectivity index (χ4v) is 2.51. The summed E-state index contributed by atoms with van der Waals surface area (Å²) in [7, 11) is 1.64. The Kier molecular flexibility index (Phi) is 3.83. The van der Waals surface area contributed by atoms with E-state index in [4.69, 9.17) is 4.74 Å². The molecular formula is C18H18N2O2. The molecule has 0 aliphatic carbocycles. The van der Waals surface area contributed by atoms with Crippen molar-refractivity contribution in [3.63, 3.8) is 0 Å². The lowest BCUT2D eigenvalue weighted by molar-refractivity contribution is 0.415. The molecule has 0 spiro atoms.